The van der Waals surface area contributed by atoms with E-state index in [0.717, 1.165) is 6.08 Å². The van der Waals surface area contributed by atoms with E-state index in [-0.39, 0.29) is 10.7 Å². The van der Waals surface area contributed by atoms with Gasteiger partial charge in [0.15, 0.2) is 6.10 Å². The van der Waals surface area contributed by atoms with Gasteiger partial charge in [0, 0.05) is 17.8 Å². The summed E-state index contributed by atoms with van der Waals surface area (Å²) in [6.07, 6.45) is 1.37. The number of ether oxygens (including phenoxy) is 2. The lowest BCUT2D eigenvalue weighted by molar-refractivity contribution is -0.384. The SMILES string of the molecule is CCOc1ccc(NC(=O)C(C)OC(=O)/C=C/c2ccc(Cl)c([N+](=O)[O-])c2)cc1. The first-order valence-corrected chi connectivity index (χ1v) is 9.04. The van der Waals surface area contributed by atoms with Gasteiger partial charge in [-0.1, -0.05) is 17.7 Å². The van der Waals surface area contributed by atoms with Gasteiger partial charge in [-0.05, 0) is 55.8 Å². The smallest absolute Gasteiger partial charge is 0.331 e. The Morgan fingerprint density at radius 2 is 1.93 bits per heavy atom. The van der Waals surface area contributed by atoms with Gasteiger partial charge in [-0.2, -0.15) is 0 Å². The van der Waals surface area contributed by atoms with Gasteiger partial charge in [-0.15, -0.1) is 0 Å². The molecule has 2 rings (SSSR count). The lowest BCUT2D eigenvalue weighted by Crippen LogP contribution is -2.29. The zero-order chi connectivity index (χ0) is 21.4. The zero-order valence-electron chi connectivity index (χ0n) is 15.8. The third-order valence-electron chi connectivity index (χ3n) is 3.67. The van der Waals surface area contributed by atoms with E-state index in [2.05, 4.69) is 5.32 Å². The average Bonchev–Trinajstić information content (AvgIpc) is 2.68. The summed E-state index contributed by atoms with van der Waals surface area (Å²) in [7, 11) is 0. The first kappa shape index (κ1) is 21.9. The Morgan fingerprint density at radius 1 is 1.24 bits per heavy atom. The molecule has 0 aliphatic carbocycles. The van der Waals surface area contributed by atoms with Crippen LogP contribution >= 0.6 is 11.6 Å². The first-order valence-electron chi connectivity index (χ1n) is 8.66. The second kappa shape index (κ2) is 10.2. The van der Waals surface area contributed by atoms with Crippen LogP contribution in [0.1, 0.15) is 19.4 Å². The highest BCUT2D eigenvalue weighted by atomic mass is 35.5. The van der Waals surface area contributed by atoms with Crippen molar-refractivity contribution >= 4 is 40.9 Å². The van der Waals surface area contributed by atoms with Gasteiger partial charge in [0.25, 0.3) is 11.6 Å². The normalized spacial score (nSPS) is 11.7. The third kappa shape index (κ3) is 6.62. The number of anilines is 1. The van der Waals surface area contributed by atoms with E-state index in [9.17, 15) is 19.7 Å². The van der Waals surface area contributed by atoms with Gasteiger partial charge in [-0.3, -0.25) is 14.9 Å². The highest BCUT2D eigenvalue weighted by Crippen LogP contribution is 2.25. The number of benzene rings is 2. The molecule has 0 spiro atoms. The number of esters is 1. The van der Waals surface area contributed by atoms with E-state index in [1.807, 2.05) is 6.92 Å². The van der Waals surface area contributed by atoms with Gasteiger partial charge in [0.2, 0.25) is 0 Å². The van der Waals surface area contributed by atoms with Crippen LogP contribution in [0.3, 0.4) is 0 Å². The molecule has 29 heavy (non-hydrogen) atoms. The van der Waals surface area contributed by atoms with Crippen LogP contribution in [0.4, 0.5) is 11.4 Å². The van der Waals surface area contributed by atoms with E-state index >= 15 is 0 Å². The van der Waals surface area contributed by atoms with Crippen molar-refractivity contribution in [2.75, 3.05) is 11.9 Å². The molecule has 0 saturated carbocycles. The number of nitrogens with one attached hydrogen (secondary N) is 1. The van der Waals surface area contributed by atoms with Gasteiger partial charge in [0.05, 0.1) is 11.5 Å². The summed E-state index contributed by atoms with van der Waals surface area (Å²) in [5.41, 5.74) is 0.653. The minimum Gasteiger partial charge on any atom is -0.494 e. The number of carbonyl (C=O) groups excluding carboxylic acids is 2. The van der Waals surface area contributed by atoms with Gasteiger partial charge in [0.1, 0.15) is 10.8 Å². The van der Waals surface area contributed by atoms with Crippen LogP contribution in [-0.4, -0.2) is 29.5 Å². The third-order valence-corrected chi connectivity index (χ3v) is 3.99. The van der Waals surface area contributed by atoms with Crippen LogP contribution < -0.4 is 10.1 Å². The molecule has 2 aromatic rings. The van der Waals surface area contributed by atoms with Crippen molar-refractivity contribution in [3.8, 4) is 5.75 Å². The number of hydrogen-bond donors (Lipinski definition) is 1. The molecule has 2 aromatic carbocycles. The summed E-state index contributed by atoms with van der Waals surface area (Å²) < 4.78 is 10.4. The molecule has 0 bridgehead atoms. The lowest BCUT2D eigenvalue weighted by atomic mass is 10.2. The van der Waals surface area contributed by atoms with Gasteiger partial charge < -0.3 is 14.8 Å². The van der Waals surface area contributed by atoms with E-state index in [4.69, 9.17) is 21.1 Å². The van der Waals surface area contributed by atoms with Crippen molar-refractivity contribution in [2.45, 2.75) is 20.0 Å². The second-order valence-electron chi connectivity index (χ2n) is 5.83. The quantitative estimate of drug-likeness (QED) is 0.297. The van der Waals surface area contributed by atoms with Gasteiger partial charge >= 0.3 is 5.97 Å². The summed E-state index contributed by atoms with van der Waals surface area (Å²) in [4.78, 5) is 34.3. The maximum atomic E-state index is 12.2. The molecule has 0 aliphatic rings. The summed E-state index contributed by atoms with van der Waals surface area (Å²) in [6.45, 7) is 3.84. The van der Waals surface area contributed by atoms with E-state index in [0.29, 0.717) is 23.6 Å². The fourth-order valence-corrected chi connectivity index (χ4v) is 2.44. The van der Waals surface area contributed by atoms with E-state index in [1.54, 1.807) is 24.3 Å². The minimum atomic E-state index is -1.04. The van der Waals surface area contributed by atoms with Gasteiger partial charge in [-0.25, -0.2) is 4.79 Å². The molecule has 0 heterocycles. The summed E-state index contributed by atoms with van der Waals surface area (Å²) in [5.74, 6) is -0.590. The number of carbonyl (C=O) groups is 2. The summed E-state index contributed by atoms with van der Waals surface area (Å²) >= 11 is 5.74. The van der Waals surface area contributed by atoms with Crippen molar-refractivity contribution < 1.29 is 24.0 Å². The molecule has 152 valence electrons. The molecular weight excluding hydrogens is 400 g/mol. The Bertz CT molecular complexity index is 927. The molecule has 1 atom stereocenters. The highest BCUT2D eigenvalue weighted by molar-refractivity contribution is 6.32. The number of nitro groups is 1. The Morgan fingerprint density at radius 3 is 2.55 bits per heavy atom. The van der Waals surface area contributed by atoms with Crippen molar-refractivity contribution in [2.24, 2.45) is 0 Å². The summed E-state index contributed by atoms with van der Waals surface area (Å²) in [6, 6.07) is 10.9. The number of amides is 1. The van der Waals surface area contributed by atoms with Crippen molar-refractivity contribution in [3.63, 3.8) is 0 Å². The number of nitro benzene ring substituents is 1. The maximum absolute atomic E-state index is 12.2. The molecule has 1 unspecified atom stereocenters. The predicted molar refractivity (Wildman–Crippen MR) is 109 cm³/mol. The van der Waals surface area contributed by atoms with Crippen molar-refractivity contribution in [1.82, 2.24) is 0 Å². The largest absolute Gasteiger partial charge is 0.494 e. The molecule has 8 nitrogen and oxygen atoms in total. The second-order valence-corrected chi connectivity index (χ2v) is 6.23. The molecule has 0 radical (unpaired) electrons. The Hall–Kier alpha value is -3.39. The van der Waals surface area contributed by atoms with Crippen LogP contribution in [0.15, 0.2) is 48.5 Å². The van der Waals surface area contributed by atoms with Crippen LogP contribution in [0.25, 0.3) is 6.08 Å². The molecule has 1 amide bonds. The molecule has 0 aliphatic heterocycles. The molecule has 0 saturated heterocycles. The number of halogens is 1. The molecule has 0 fully saturated rings. The van der Waals surface area contributed by atoms with Crippen molar-refractivity contribution in [3.05, 3.63) is 69.2 Å². The molecule has 1 N–H and O–H groups in total. The van der Waals surface area contributed by atoms with Crippen LogP contribution in [0.2, 0.25) is 5.02 Å². The Labute approximate surface area is 172 Å². The van der Waals surface area contributed by atoms with Crippen LogP contribution in [-0.2, 0) is 14.3 Å². The number of rotatable bonds is 8. The maximum Gasteiger partial charge on any atom is 0.331 e. The van der Waals surface area contributed by atoms with Crippen LogP contribution in [0, 0.1) is 10.1 Å². The standard InChI is InChI=1S/C20H19ClN2O6/c1-3-28-16-8-6-15(7-9-16)22-20(25)13(2)29-19(24)11-5-14-4-10-17(21)18(12-14)23(26)27/h4-13H,3H2,1-2H3,(H,22,25)/b11-5+. The van der Waals surface area contributed by atoms with Crippen LogP contribution in [0.5, 0.6) is 5.75 Å². The monoisotopic (exact) mass is 418 g/mol. The molecule has 0 aromatic heterocycles. The van der Waals surface area contributed by atoms with E-state index < -0.39 is 22.9 Å². The van der Waals surface area contributed by atoms with E-state index in [1.165, 1.54) is 31.2 Å². The topological polar surface area (TPSA) is 108 Å². The van der Waals surface area contributed by atoms with Crippen molar-refractivity contribution in [1.29, 1.82) is 0 Å². The molecule has 9 heteroatoms. The number of nitrogens with zero attached hydrogens (tertiary/aromatic N) is 1. The minimum absolute atomic E-state index is 0.00527. The first-order chi connectivity index (χ1) is 13.8. The predicted octanol–water partition coefficient (Wildman–Crippen LogP) is 4.23. The highest BCUT2D eigenvalue weighted by Gasteiger charge is 2.17. The Kier molecular flexibility index (Phi) is 7.73. The summed E-state index contributed by atoms with van der Waals surface area (Å²) in [5, 5.41) is 13.5. The average molecular weight is 419 g/mol. The fourth-order valence-electron chi connectivity index (χ4n) is 2.25. The fraction of sp³-hybridized carbons (Fsp3) is 0.200. The zero-order valence-corrected chi connectivity index (χ0v) is 16.5. The Balaban J connectivity index is 1.92. The lowest BCUT2D eigenvalue weighted by Gasteiger charge is -2.12. The molecular formula is C20H19ClN2O6. The number of hydrogen-bond acceptors (Lipinski definition) is 6.